The third kappa shape index (κ3) is 109. The molecule has 0 saturated carbocycles. The van der Waals surface area contributed by atoms with Gasteiger partial charge in [-0.25, -0.2) is 0 Å². The molecule has 0 unspecified atom stereocenters. The molecular formula is C18H46I2SV2. The number of unbranched alkanes of at least 4 members (excludes halogenated alkanes) is 8. The molecule has 0 rings (SSSR count). The maximum absolute atomic E-state index is 2.37. The number of hydrogen-bond acceptors (Lipinski definition) is 0. The zero-order valence-electron chi connectivity index (χ0n) is 17.2. The second-order valence-corrected chi connectivity index (χ2v) is 16.0. The molecular weight excluding hydrogens is 604 g/mol. The van der Waals surface area contributed by atoms with Gasteiger partial charge in [0.1, 0.15) is 0 Å². The predicted molar refractivity (Wildman–Crippen MR) is 130 cm³/mol. The van der Waals surface area contributed by atoms with Crippen molar-refractivity contribution in [1.29, 1.82) is 0 Å². The SMILES string of the molecule is CC.CC.CCCCC.CCCCCCCCC.S.[I][V][I].[V]. The molecule has 0 bridgehead atoms. The van der Waals surface area contributed by atoms with E-state index in [0.29, 0.717) is 9.47 Å². The number of hydrogen-bond donors (Lipinski definition) is 0. The summed E-state index contributed by atoms with van der Waals surface area (Å²) in [6.45, 7) is 17.0. The normalized spacial score (nSPS) is 6.87. The van der Waals surface area contributed by atoms with Gasteiger partial charge in [0.05, 0.1) is 0 Å². The van der Waals surface area contributed by atoms with Crippen molar-refractivity contribution >= 4 is 53.5 Å². The van der Waals surface area contributed by atoms with Crippen LogP contribution in [0.5, 0.6) is 0 Å². The zero-order valence-corrected chi connectivity index (χ0v) is 25.3. The van der Waals surface area contributed by atoms with Crippen molar-refractivity contribution in [3.05, 3.63) is 0 Å². The third-order valence-electron chi connectivity index (χ3n) is 2.41. The van der Waals surface area contributed by atoms with Crippen LogP contribution in [0, 0.1) is 0 Å². The summed E-state index contributed by atoms with van der Waals surface area (Å²) in [5, 5.41) is 0. The van der Waals surface area contributed by atoms with E-state index in [2.05, 4.69) is 67.7 Å². The Morgan fingerprint density at radius 2 is 0.696 bits per heavy atom. The van der Waals surface area contributed by atoms with Crippen LogP contribution in [0.3, 0.4) is 0 Å². The van der Waals surface area contributed by atoms with Crippen LogP contribution in [0.2, 0.25) is 0 Å². The van der Waals surface area contributed by atoms with E-state index in [0.717, 1.165) is 0 Å². The third-order valence-corrected chi connectivity index (χ3v) is 2.41. The fourth-order valence-corrected chi connectivity index (χ4v) is 1.38. The second kappa shape index (κ2) is 73.5. The van der Waals surface area contributed by atoms with Crippen LogP contribution in [0.1, 0.15) is 120 Å². The van der Waals surface area contributed by atoms with E-state index in [1.807, 2.05) is 27.7 Å². The van der Waals surface area contributed by atoms with Gasteiger partial charge >= 0.3 is 49.4 Å². The van der Waals surface area contributed by atoms with E-state index in [1.165, 1.54) is 64.2 Å². The van der Waals surface area contributed by atoms with Crippen LogP contribution in [-0.2, 0) is 28.0 Å². The van der Waals surface area contributed by atoms with Gasteiger partial charge in [-0.05, 0) is 0 Å². The first-order valence-electron chi connectivity index (χ1n) is 9.17. The summed E-state index contributed by atoms with van der Waals surface area (Å²) in [7, 11) is 0.628. The second-order valence-electron chi connectivity index (χ2n) is 4.19. The maximum atomic E-state index is 2.37. The van der Waals surface area contributed by atoms with Gasteiger partial charge in [-0.1, -0.05) is 120 Å². The average molecular weight is 650 g/mol. The average Bonchev–Trinajstić information content (AvgIpc) is 2.53. The van der Waals surface area contributed by atoms with Gasteiger partial charge in [-0.15, -0.1) is 0 Å². The van der Waals surface area contributed by atoms with Gasteiger partial charge in [0.25, 0.3) is 0 Å². The van der Waals surface area contributed by atoms with Gasteiger partial charge in [0.2, 0.25) is 0 Å². The molecule has 0 aliphatic heterocycles. The topological polar surface area (TPSA) is 0 Å². The fourth-order valence-electron chi connectivity index (χ4n) is 1.38. The summed E-state index contributed by atoms with van der Waals surface area (Å²) in [6, 6.07) is 0. The molecule has 0 nitrogen and oxygen atoms in total. The van der Waals surface area contributed by atoms with Crippen molar-refractivity contribution in [2.24, 2.45) is 0 Å². The Hall–Kier alpha value is 2.98. The molecule has 0 spiro atoms. The summed E-state index contributed by atoms with van der Waals surface area (Å²) in [5.41, 5.74) is 0. The van der Waals surface area contributed by atoms with Crippen LogP contribution in [0.4, 0.5) is 0 Å². The predicted octanol–water partition coefficient (Wildman–Crippen LogP) is 9.88. The van der Waals surface area contributed by atoms with E-state index in [4.69, 9.17) is 0 Å². The van der Waals surface area contributed by atoms with Crippen molar-refractivity contribution in [2.75, 3.05) is 0 Å². The molecule has 0 aromatic heterocycles. The quantitative estimate of drug-likeness (QED) is 0.181. The molecule has 23 heavy (non-hydrogen) atoms. The number of halogens is 2. The summed E-state index contributed by atoms with van der Waals surface area (Å²) in [6.07, 6.45) is 14.0. The smallest absolute Gasteiger partial charge is 0 e. The minimum absolute atomic E-state index is 0. The van der Waals surface area contributed by atoms with Crippen LogP contribution in [0.25, 0.3) is 0 Å². The summed E-state index contributed by atoms with van der Waals surface area (Å²) < 4.78 is 0. The Bertz CT molecular complexity index is 93.1. The van der Waals surface area contributed by atoms with Gasteiger partial charge in [0.15, 0.2) is 0 Å². The van der Waals surface area contributed by atoms with Gasteiger partial charge in [0, 0.05) is 18.6 Å². The first kappa shape index (κ1) is 45.0. The minimum Gasteiger partial charge on any atom is 0 e. The molecule has 0 aliphatic rings. The first-order valence-corrected chi connectivity index (χ1v) is 18.2. The van der Waals surface area contributed by atoms with Crippen LogP contribution < -0.4 is 0 Å². The van der Waals surface area contributed by atoms with E-state index in [9.17, 15) is 0 Å². The molecule has 0 aromatic rings. The van der Waals surface area contributed by atoms with E-state index in [1.54, 1.807) is 0 Å². The maximum Gasteiger partial charge on any atom is 0 e. The molecule has 148 valence electrons. The Morgan fingerprint density at radius 3 is 0.826 bits per heavy atom. The van der Waals surface area contributed by atoms with Crippen LogP contribution >= 0.6 is 53.5 Å². The van der Waals surface area contributed by atoms with E-state index >= 15 is 0 Å². The number of rotatable bonds is 8. The van der Waals surface area contributed by atoms with Crippen molar-refractivity contribution in [2.45, 2.75) is 120 Å². The Balaban J connectivity index is -0.0000000316. The van der Waals surface area contributed by atoms with Gasteiger partial charge in [-0.3, -0.25) is 0 Å². The fraction of sp³-hybridized carbons (Fsp3) is 1.00. The van der Waals surface area contributed by atoms with Crippen molar-refractivity contribution in [3.63, 3.8) is 0 Å². The summed E-state index contributed by atoms with van der Waals surface area (Å²) in [4.78, 5) is 0. The van der Waals surface area contributed by atoms with Crippen LogP contribution in [0.15, 0.2) is 0 Å². The van der Waals surface area contributed by atoms with E-state index < -0.39 is 0 Å². The molecule has 0 amide bonds. The van der Waals surface area contributed by atoms with Crippen LogP contribution in [-0.4, -0.2) is 0 Å². The molecule has 0 aromatic carbocycles. The largest absolute Gasteiger partial charge is 0 e. The summed E-state index contributed by atoms with van der Waals surface area (Å²) in [5.74, 6) is 0. The monoisotopic (exact) mass is 650 g/mol. The Labute approximate surface area is 198 Å². The van der Waals surface area contributed by atoms with Gasteiger partial charge in [-0.2, -0.15) is 13.5 Å². The Kier molecular flexibility index (Phi) is 144. The standard InChI is InChI=1S/C9H20.C5H12.2C2H6.2HI.H2S.2V/c1-3-5-7-9-8-6-4-2;1-3-5-4-2;2*1-2;;;;;/h3-9H2,1-2H3;3-5H2,1-2H3;2*1-2H3;2*1H;1H2;;/q;;;;;;;;+2/p-2. The molecule has 0 saturated heterocycles. The van der Waals surface area contributed by atoms with Crippen molar-refractivity contribution < 1.29 is 28.0 Å². The Morgan fingerprint density at radius 1 is 0.522 bits per heavy atom. The molecule has 0 aliphatic carbocycles. The first-order chi connectivity index (χ1) is 10.2. The van der Waals surface area contributed by atoms with Gasteiger partial charge < -0.3 is 0 Å². The molecule has 0 fully saturated rings. The molecule has 0 N–H and O–H groups in total. The molecule has 0 heterocycles. The van der Waals surface area contributed by atoms with E-state index in [-0.39, 0.29) is 32.1 Å². The molecule has 5 heteroatoms. The van der Waals surface area contributed by atoms with Crippen molar-refractivity contribution in [1.82, 2.24) is 0 Å². The van der Waals surface area contributed by atoms with Crippen molar-refractivity contribution in [3.8, 4) is 0 Å². The zero-order chi connectivity index (χ0) is 17.8. The molecule has 0 atom stereocenters. The minimum atomic E-state index is 0. The molecule has 1 radical (unpaired) electrons. The summed E-state index contributed by atoms with van der Waals surface area (Å²) >= 11 is 4.74.